The van der Waals surface area contributed by atoms with E-state index in [1.54, 1.807) is 6.07 Å². The first-order valence-corrected chi connectivity index (χ1v) is 8.33. The lowest BCUT2D eigenvalue weighted by Gasteiger charge is -2.40. The van der Waals surface area contributed by atoms with Gasteiger partial charge in [-0.2, -0.15) is 0 Å². The fraction of sp³-hybridized carbons (Fsp3) is 0.643. The van der Waals surface area contributed by atoms with Crippen LogP contribution in [0, 0.1) is 5.41 Å². The Hall–Kier alpha value is -0.980. The molecule has 1 aliphatic carbocycles. The first-order valence-electron chi connectivity index (χ1n) is 6.85. The maximum atomic E-state index is 12.1. The summed E-state index contributed by atoms with van der Waals surface area (Å²) in [4.78, 5) is 3.93. The van der Waals surface area contributed by atoms with Crippen molar-refractivity contribution >= 4 is 10.0 Å². The first-order chi connectivity index (χ1) is 9.23. The van der Waals surface area contributed by atoms with Crippen LogP contribution in [0.2, 0.25) is 0 Å². The van der Waals surface area contributed by atoms with Crippen LogP contribution in [-0.2, 0) is 10.0 Å². The number of aliphatic hydroxyl groups is 1. The van der Waals surface area contributed by atoms with E-state index in [4.69, 9.17) is 0 Å². The van der Waals surface area contributed by atoms with E-state index in [0.29, 0.717) is 12.8 Å². The zero-order chi connectivity index (χ0) is 14.9. The molecule has 6 heteroatoms. The van der Waals surface area contributed by atoms with Crippen LogP contribution in [0.4, 0.5) is 0 Å². The number of nitrogens with zero attached hydrogens (tertiary/aromatic N) is 1. The van der Waals surface area contributed by atoms with Crippen molar-refractivity contribution < 1.29 is 13.5 Å². The van der Waals surface area contributed by atoms with Crippen molar-refractivity contribution in [1.29, 1.82) is 0 Å². The van der Waals surface area contributed by atoms with Crippen molar-refractivity contribution in [3.8, 4) is 0 Å². The normalized spacial score (nSPS) is 21.6. The third kappa shape index (κ3) is 3.77. The molecule has 2 rings (SSSR count). The van der Waals surface area contributed by atoms with Gasteiger partial charge in [-0.15, -0.1) is 0 Å². The summed E-state index contributed by atoms with van der Waals surface area (Å²) in [6.07, 6.45) is 5.87. The van der Waals surface area contributed by atoms with Crippen molar-refractivity contribution in [2.75, 3.05) is 6.54 Å². The van der Waals surface area contributed by atoms with Gasteiger partial charge in [0.2, 0.25) is 10.0 Å². The van der Waals surface area contributed by atoms with Crippen LogP contribution in [0.25, 0.3) is 0 Å². The van der Waals surface area contributed by atoms with Gasteiger partial charge < -0.3 is 5.11 Å². The molecule has 2 N–H and O–H groups in total. The Bertz CT molecular complexity index is 545. The van der Waals surface area contributed by atoms with E-state index < -0.39 is 15.6 Å². The lowest BCUT2D eigenvalue weighted by molar-refractivity contribution is -0.0205. The van der Waals surface area contributed by atoms with Crippen LogP contribution < -0.4 is 4.72 Å². The van der Waals surface area contributed by atoms with Gasteiger partial charge in [-0.1, -0.05) is 13.8 Å². The standard InChI is InChI=1S/C14H22N2O3S/c1-13(2)5-7-14(17,8-6-13)11-16-20(18,19)12-4-3-9-15-10-12/h3-4,9-10,16-17H,5-8,11H2,1-2H3. The molecule has 0 saturated heterocycles. The Kier molecular flexibility index (Phi) is 4.18. The summed E-state index contributed by atoms with van der Waals surface area (Å²) in [5.74, 6) is 0. The van der Waals surface area contributed by atoms with Crippen LogP contribution >= 0.6 is 0 Å². The van der Waals surface area contributed by atoms with Gasteiger partial charge >= 0.3 is 0 Å². The van der Waals surface area contributed by atoms with Gasteiger partial charge in [-0.05, 0) is 43.2 Å². The highest BCUT2D eigenvalue weighted by atomic mass is 32.2. The highest BCUT2D eigenvalue weighted by molar-refractivity contribution is 7.89. The van der Waals surface area contributed by atoms with Crippen LogP contribution in [0.5, 0.6) is 0 Å². The van der Waals surface area contributed by atoms with E-state index in [0.717, 1.165) is 12.8 Å². The van der Waals surface area contributed by atoms with Crippen molar-refractivity contribution in [2.45, 2.75) is 50.0 Å². The SMILES string of the molecule is CC1(C)CCC(O)(CNS(=O)(=O)c2cccnc2)CC1. The quantitative estimate of drug-likeness (QED) is 0.886. The second-order valence-electron chi connectivity index (χ2n) is 6.40. The third-order valence-electron chi connectivity index (χ3n) is 4.07. The fourth-order valence-corrected chi connectivity index (χ4v) is 3.47. The minimum absolute atomic E-state index is 0.0559. The summed E-state index contributed by atoms with van der Waals surface area (Å²) in [7, 11) is -3.60. The highest BCUT2D eigenvalue weighted by Gasteiger charge is 2.37. The number of sulfonamides is 1. The van der Waals surface area contributed by atoms with E-state index in [1.165, 1.54) is 18.5 Å². The van der Waals surface area contributed by atoms with Crippen LogP contribution in [0.15, 0.2) is 29.4 Å². The fourth-order valence-electron chi connectivity index (χ4n) is 2.39. The minimum atomic E-state index is -3.60. The molecule has 1 aliphatic rings. The van der Waals surface area contributed by atoms with E-state index in [-0.39, 0.29) is 16.9 Å². The molecule has 0 amide bonds. The average molecular weight is 298 g/mol. The van der Waals surface area contributed by atoms with Crippen LogP contribution in [0.3, 0.4) is 0 Å². The number of nitrogens with one attached hydrogen (secondary N) is 1. The molecule has 1 saturated carbocycles. The molecule has 112 valence electrons. The van der Waals surface area contributed by atoms with Crippen LogP contribution in [-0.4, -0.2) is 30.7 Å². The van der Waals surface area contributed by atoms with Gasteiger partial charge in [0.1, 0.15) is 4.90 Å². The molecular formula is C14H22N2O3S. The third-order valence-corrected chi connectivity index (χ3v) is 5.46. The maximum Gasteiger partial charge on any atom is 0.242 e. The summed E-state index contributed by atoms with van der Waals surface area (Å²) < 4.78 is 26.7. The van der Waals surface area contributed by atoms with E-state index in [1.807, 2.05) is 0 Å². The Morgan fingerprint density at radius 1 is 1.30 bits per heavy atom. The lowest BCUT2D eigenvalue weighted by Crippen LogP contribution is -2.46. The van der Waals surface area contributed by atoms with E-state index in [2.05, 4.69) is 23.6 Å². The molecule has 1 fully saturated rings. The van der Waals surface area contributed by atoms with Gasteiger partial charge in [-0.25, -0.2) is 13.1 Å². The molecule has 0 spiro atoms. The number of hydrogen-bond donors (Lipinski definition) is 2. The summed E-state index contributed by atoms with van der Waals surface area (Å²) in [5, 5.41) is 10.5. The monoisotopic (exact) mass is 298 g/mol. The average Bonchev–Trinajstić information content (AvgIpc) is 2.42. The molecule has 1 aromatic heterocycles. The minimum Gasteiger partial charge on any atom is -0.389 e. The van der Waals surface area contributed by atoms with Crippen molar-refractivity contribution in [1.82, 2.24) is 9.71 Å². The Morgan fingerprint density at radius 2 is 1.95 bits per heavy atom. The molecule has 20 heavy (non-hydrogen) atoms. The number of pyridine rings is 1. The summed E-state index contributed by atoms with van der Waals surface area (Å²) in [5.41, 5.74) is -0.709. The Morgan fingerprint density at radius 3 is 2.50 bits per heavy atom. The van der Waals surface area contributed by atoms with Crippen molar-refractivity contribution in [3.05, 3.63) is 24.5 Å². The van der Waals surface area contributed by atoms with Gasteiger partial charge in [0.25, 0.3) is 0 Å². The predicted molar refractivity (Wildman–Crippen MR) is 76.6 cm³/mol. The molecule has 0 atom stereocenters. The molecule has 1 heterocycles. The molecule has 5 nitrogen and oxygen atoms in total. The predicted octanol–water partition coefficient (Wildman–Crippen LogP) is 1.69. The molecule has 0 aromatic carbocycles. The second-order valence-corrected chi connectivity index (χ2v) is 8.17. The van der Waals surface area contributed by atoms with E-state index >= 15 is 0 Å². The second kappa shape index (κ2) is 5.42. The molecule has 1 aromatic rings. The zero-order valence-electron chi connectivity index (χ0n) is 12.0. The molecule has 0 bridgehead atoms. The smallest absolute Gasteiger partial charge is 0.242 e. The Balaban J connectivity index is 1.99. The highest BCUT2D eigenvalue weighted by Crippen LogP contribution is 2.39. The van der Waals surface area contributed by atoms with Crippen molar-refractivity contribution in [3.63, 3.8) is 0 Å². The van der Waals surface area contributed by atoms with Crippen molar-refractivity contribution in [2.24, 2.45) is 5.41 Å². The number of hydrogen-bond acceptors (Lipinski definition) is 4. The van der Waals surface area contributed by atoms with Gasteiger partial charge in [0, 0.05) is 18.9 Å². The maximum absolute atomic E-state index is 12.1. The van der Waals surface area contributed by atoms with Gasteiger partial charge in [-0.3, -0.25) is 4.98 Å². The Labute approximate surface area is 120 Å². The molecule has 0 aliphatic heterocycles. The topological polar surface area (TPSA) is 79.3 Å². The summed E-state index contributed by atoms with van der Waals surface area (Å²) >= 11 is 0. The zero-order valence-corrected chi connectivity index (χ0v) is 12.8. The first kappa shape index (κ1) is 15.4. The number of rotatable bonds is 4. The summed E-state index contributed by atoms with van der Waals surface area (Å²) in [6, 6.07) is 3.07. The van der Waals surface area contributed by atoms with E-state index in [9.17, 15) is 13.5 Å². The summed E-state index contributed by atoms with van der Waals surface area (Å²) in [6.45, 7) is 4.40. The van der Waals surface area contributed by atoms with Crippen LogP contribution in [0.1, 0.15) is 39.5 Å². The largest absolute Gasteiger partial charge is 0.389 e. The molecular weight excluding hydrogens is 276 g/mol. The molecule has 0 unspecified atom stereocenters. The molecule has 0 radical (unpaired) electrons. The number of aromatic nitrogens is 1. The van der Waals surface area contributed by atoms with Gasteiger partial charge in [0.15, 0.2) is 0 Å². The van der Waals surface area contributed by atoms with Gasteiger partial charge in [0.05, 0.1) is 5.60 Å². The lowest BCUT2D eigenvalue weighted by atomic mass is 9.71.